The lowest BCUT2D eigenvalue weighted by Crippen LogP contribution is -2.27. The zero-order valence-corrected chi connectivity index (χ0v) is 15.5. The molecule has 0 amide bonds. The van der Waals surface area contributed by atoms with Crippen molar-refractivity contribution in [2.75, 3.05) is 0 Å². The van der Waals surface area contributed by atoms with Gasteiger partial charge in [0.05, 0.1) is 4.92 Å². The SMILES string of the molecule is C[C@H](NS(=O)(=O)c1ccccc1[N+](=O)[O-])c1ccc(C(C)(C)C)cc1. The van der Waals surface area contributed by atoms with Crippen LogP contribution in [0.1, 0.15) is 44.9 Å². The van der Waals surface area contributed by atoms with E-state index in [0.717, 1.165) is 11.1 Å². The minimum atomic E-state index is -4.01. The molecule has 0 aromatic heterocycles. The molecule has 0 aliphatic carbocycles. The molecule has 25 heavy (non-hydrogen) atoms. The highest BCUT2D eigenvalue weighted by atomic mass is 32.2. The van der Waals surface area contributed by atoms with E-state index >= 15 is 0 Å². The Morgan fingerprint density at radius 3 is 2.12 bits per heavy atom. The molecule has 2 aromatic rings. The lowest BCUT2D eigenvalue weighted by Gasteiger charge is -2.20. The topological polar surface area (TPSA) is 89.3 Å². The number of nitro groups is 1. The third-order valence-electron chi connectivity index (χ3n) is 3.96. The third kappa shape index (κ3) is 4.43. The van der Waals surface area contributed by atoms with Gasteiger partial charge in [-0.15, -0.1) is 0 Å². The number of hydrogen-bond donors (Lipinski definition) is 1. The maximum atomic E-state index is 12.6. The predicted molar refractivity (Wildman–Crippen MR) is 97.0 cm³/mol. The minimum Gasteiger partial charge on any atom is -0.258 e. The second-order valence-electron chi connectivity index (χ2n) is 6.94. The number of para-hydroxylation sites is 1. The van der Waals surface area contributed by atoms with E-state index in [-0.39, 0.29) is 10.3 Å². The first-order valence-electron chi connectivity index (χ1n) is 7.88. The van der Waals surface area contributed by atoms with Crippen molar-refractivity contribution < 1.29 is 13.3 Å². The number of nitrogens with zero attached hydrogens (tertiary/aromatic N) is 1. The highest BCUT2D eigenvalue weighted by molar-refractivity contribution is 7.89. The number of nitrogens with one attached hydrogen (secondary N) is 1. The summed E-state index contributed by atoms with van der Waals surface area (Å²) < 4.78 is 27.6. The zero-order valence-electron chi connectivity index (χ0n) is 14.7. The first-order valence-corrected chi connectivity index (χ1v) is 9.37. The molecule has 1 N–H and O–H groups in total. The fourth-order valence-electron chi connectivity index (χ4n) is 2.47. The average Bonchev–Trinajstić information content (AvgIpc) is 2.53. The Kier molecular flexibility index (Phi) is 5.29. The third-order valence-corrected chi connectivity index (χ3v) is 5.55. The van der Waals surface area contributed by atoms with Gasteiger partial charge < -0.3 is 0 Å². The van der Waals surface area contributed by atoms with Gasteiger partial charge in [-0.1, -0.05) is 57.2 Å². The van der Waals surface area contributed by atoms with Crippen LogP contribution in [0.2, 0.25) is 0 Å². The Morgan fingerprint density at radius 2 is 1.60 bits per heavy atom. The van der Waals surface area contributed by atoms with Crippen molar-refractivity contribution in [2.24, 2.45) is 0 Å². The van der Waals surface area contributed by atoms with E-state index in [1.54, 1.807) is 6.92 Å². The Labute approximate surface area is 148 Å². The molecule has 0 bridgehead atoms. The zero-order chi connectivity index (χ0) is 18.8. The summed E-state index contributed by atoms with van der Waals surface area (Å²) in [6.07, 6.45) is 0. The van der Waals surface area contributed by atoms with Gasteiger partial charge in [-0.05, 0) is 29.5 Å². The first-order chi connectivity index (χ1) is 11.5. The van der Waals surface area contributed by atoms with Gasteiger partial charge in [0.2, 0.25) is 10.0 Å². The molecule has 0 fully saturated rings. The summed E-state index contributed by atoms with van der Waals surface area (Å²) in [6.45, 7) is 8.01. The molecule has 2 aromatic carbocycles. The molecule has 0 aliphatic rings. The normalized spacial score (nSPS) is 13.4. The van der Waals surface area contributed by atoms with Gasteiger partial charge in [-0.2, -0.15) is 0 Å². The van der Waals surface area contributed by atoms with Crippen molar-refractivity contribution >= 4 is 15.7 Å². The number of sulfonamides is 1. The van der Waals surface area contributed by atoms with Crippen molar-refractivity contribution in [3.63, 3.8) is 0 Å². The molecule has 0 saturated carbocycles. The molecule has 134 valence electrons. The second-order valence-corrected chi connectivity index (χ2v) is 8.62. The van der Waals surface area contributed by atoms with Crippen molar-refractivity contribution in [3.8, 4) is 0 Å². The summed E-state index contributed by atoms with van der Waals surface area (Å²) in [7, 11) is -4.01. The summed E-state index contributed by atoms with van der Waals surface area (Å²) in [6, 6.07) is 12.5. The Bertz CT molecular complexity index is 869. The molecule has 0 heterocycles. The van der Waals surface area contributed by atoms with Gasteiger partial charge in [0.15, 0.2) is 4.90 Å². The van der Waals surface area contributed by atoms with Gasteiger partial charge >= 0.3 is 0 Å². The summed E-state index contributed by atoms with van der Waals surface area (Å²) in [5, 5.41) is 11.1. The second kappa shape index (κ2) is 6.93. The van der Waals surface area contributed by atoms with Crippen LogP contribution >= 0.6 is 0 Å². The lowest BCUT2D eigenvalue weighted by molar-refractivity contribution is -0.387. The van der Waals surface area contributed by atoms with Crippen LogP contribution < -0.4 is 4.72 Å². The molecular formula is C18H22N2O4S. The van der Waals surface area contributed by atoms with Crippen LogP contribution in [0.4, 0.5) is 5.69 Å². The maximum Gasteiger partial charge on any atom is 0.289 e. The molecule has 0 aliphatic heterocycles. The number of rotatable bonds is 5. The predicted octanol–water partition coefficient (Wildman–Crippen LogP) is 3.93. The van der Waals surface area contributed by atoms with E-state index in [1.165, 1.54) is 24.3 Å². The smallest absolute Gasteiger partial charge is 0.258 e. The van der Waals surface area contributed by atoms with Crippen LogP contribution in [0.15, 0.2) is 53.4 Å². The monoisotopic (exact) mass is 362 g/mol. The Balaban J connectivity index is 2.28. The molecule has 6 nitrogen and oxygen atoms in total. The molecule has 1 atom stereocenters. The van der Waals surface area contributed by atoms with Gasteiger partial charge in [0.25, 0.3) is 5.69 Å². The van der Waals surface area contributed by atoms with Crippen LogP contribution in [0.5, 0.6) is 0 Å². The van der Waals surface area contributed by atoms with Crippen molar-refractivity contribution in [3.05, 3.63) is 69.8 Å². The van der Waals surface area contributed by atoms with E-state index in [1.807, 2.05) is 24.3 Å². The minimum absolute atomic E-state index is 0.00588. The highest BCUT2D eigenvalue weighted by Crippen LogP contribution is 2.27. The molecule has 0 radical (unpaired) electrons. The van der Waals surface area contributed by atoms with Gasteiger partial charge in [-0.25, -0.2) is 13.1 Å². The fourth-order valence-corrected chi connectivity index (χ4v) is 3.88. The van der Waals surface area contributed by atoms with Crippen LogP contribution in [0, 0.1) is 10.1 Å². The maximum absolute atomic E-state index is 12.6. The van der Waals surface area contributed by atoms with Gasteiger partial charge in [0.1, 0.15) is 0 Å². The standard InChI is InChI=1S/C18H22N2O4S/c1-13(14-9-11-15(12-10-14)18(2,3)4)19-25(23,24)17-8-6-5-7-16(17)20(21)22/h5-13,19H,1-4H3/t13-/m0/s1. The van der Waals surface area contributed by atoms with E-state index in [0.29, 0.717) is 0 Å². The van der Waals surface area contributed by atoms with Crippen LogP contribution in [-0.4, -0.2) is 13.3 Å². The summed E-state index contributed by atoms with van der Waals surface area (Å²) in [5.41, 5.74) is 1.50. The van der Waals surface area contributed by atoms with Crippen LogP contribution in [0.25, 0.3) is 0 Å². The molecule has 0 saturated heterocycles. The van der Waals surface area contributed by atoms with Crippen molar-refractivity contribution in [2.45, 2.75) is 44.0 Å². The number of nitro benzene ring substituents is 1. The van der Waals surface area contributed by atoms with Crippen molar-refractivity contribution in [1.82, 2.24) is 4.72 Å². The molecular weight excluding hydrogens is 340 g/mol. The summed E-state index contributed by atoms with van der Waals surface area (Å²) in [4.78, 5) is 10.0. The first kappa shape index (κ1) is 19.1. The molecule has 2 rings (SSSR count). The molecule has 7 heteroatoms. The van der Waals surface area contributed by atoms with E-state index < -0.39 is 26.7 Å². The fraction of sp³-hybridized carbons (Fsp3) is 0.333. The van der Waals surface area contributed by atoms with E-state index in [4.69, 9.17) is 0 Å². The lowest BCUT2D eigenvalue weighted by atomic mass is 9.86. The Hall–Kier alpha value is -2.25. The van der Waals surface area contributed by atoms with Crippen LogP contribution in [-0.2, 0) is 15.4 Å². The summed E-state index contributed by atoms with van der Waals surface area (Å²) in [5.74, 6) is 0. The Morgan fingerprint density at radius 1 is 1.04 bits per heavy atom. The molecule has 0 spiro atoms. The van der Waals surface area contributed by atoms with Crippen molar-refractivity contribution in [1.29, 1.82) is 0 Å². The quantitative estimate of drug-likeness (QED) is 0.644. The largest absolute Gasteiger partial charge is 0.289 e. The van der Waals surface area contributed by atoms with Gasteiger partial charge in [0, 0.05) is 12.1 Å². The molecule has 0 unspecified atom stereocenters. The number of benzene rings is 2. The number of hydrogen-bond acceptors (Lipinski definition) is 4. The van der Waals surface area contributed by atoms with E-state index in [9.17, 15) is 18.5 Å². The van der Waals surface area contributed by atoms with E-state index in [2.05, 4.69) is 25.5 Å². The van der Waals surface area contributed by atoms with Gasteiger partial charge in [-0.3, -0.25) is 10.1 Å². The average molecular weight is 362 g/mol. The van der Waals surface area contributed by atoms with Crippen LogP contribution in [0.3, 0.4) is 0 Å². The highest BCUT2D eigenvalue weighted by Gasteiger charge is 2.27. The summed E-state index contributed by atoms with van der Waals surface area (Å²) >= 11 is 0.